The maximum Gasteiger partial charge on any atom is 0.174 e. The summed E-state index contributed by atoms with van der Waals surface area (Å²) in [6, 6.07) is 5.83. The Labute approximate surface area is 171 Å². The lowest BCUT2D eigenvalue weighted by Gasteiger charge is -2.06. The van der Waals surface area contributed by atoms with Gasteiger partial charge in [-0.15, -0.1) is 11.3 Å². The molecule has 0 aliphatic heterocycles. The zero-order chi connectivity index (χ0) is 19.8. The van der Waals surface area contributed by atoms with Gasteiger partial charge in [-0.2, -0.15) is 0 Å². The number of rotatable bonds is 6. The molecule has 0 fully saturated rings. The first kappa shape index (κ1) is 19.0. The van der Waals surface area contributed by atoms with Crippen LogP contribution in [-0.2, 0) is 6.54 Å². The third-order valence-electron chi connectivity index (χ3n) is 4.95. The van der Waals surface area contributed by atoms with Crippen LogP contribution in [0.1, 0.15) is 37.1 Å². The summed E-state index contributed by atoms with van der Waals surface area (Å²) in [6.45, 7) is 8.82. The van der Waals surface area contributed by atoms with Crippen molar-refractivity contribution >= 4 is 39.9 Å². The highest BCUT2D eigenvalue weighted by Gasteiger charge is 2.19. The molecule has 5 nitrogen and oxygen atoms in total. The average molecular weight is 412 g/mol. The number of hydrogen-bond donors (Lipinski definition) is 0. The first-order valence-corrected chi connectivity index (χ1v) is 10.8. The van der Waals surface area contributed by atoms with Crippen LogP contribution < -0.4 is 0 Å². The van der Waals surface area contributed by atoms with Crippen LogP contribution in [-0.4, -0.2) is 26.1 Å². The topological polar surface area (TPSA) is 60.9 Å². The summed E-state index contributed by atoms with van der Waals surface area (Å²) in [7, 11) is 0. The predicted molar refractivity (Wildman–Crippen MR) is 114 cm³/mol. The number of thiophene rings is 1. The summed E-state index contributed by atoms with van der Waals surface area (Å²) >= 11 is 3.15. The van der Waals surface area contributed by atoms with E-state index in [0.29, 0.717) is 12.3 Å². The average Bonchev–Trinajstić information content (AvgIpc) is 3.36. The van der Waals surface area contributed by atoms with Gasteiger partial charge in [-0.05, 0) is 51.5 Å². The zero-order valence-electron chi connectivity index (χ0n) is 16.3. The van der Waals surface area contributed by atoms with Crippen LogP contribution in [0.15, 0.2) is 40.2 Å². The number of Topliss-reactive ketones (excluding diaryl/α,β-unsaturated/α-hetero) is 1. The Morgan fingerprint density at radius 1 is 1.25 bits per heavy atom. The Morgan fingerprint density at radius 2 is 2.07 bits per heavy atom. The Hall–Kier alpha value is -2.38. The van der Waals surface area contributed by atoms with Crippen molar-refractivity contribution in [2.75, 3.05) is 5.75 Å². The molecule has 0 unspecified atom stereocenters. The molecule has 144 valence electrons. The number of fused-ring (bicyclic) bond motifs is 1. The van der Waals surface area contributed by atoms with Crippen LogP contribution in [0, 0.1) is 27.7 Å². The Kier molecular flexibility index (Phi) is 5.12. The van der Waals surface area contributed by atoms with Gasteiger partial charge in [-0.1, -0.05) is 11.8 Å². The number of carbonyl (C=O) groups is 1. The molecule has 0 N–H and O–H groups in total. The maximum absolute atomic E-state index is 12.7. The molecular formula is C21H21N3O2S2. The fourth-order valence-electron chi connectivity index (χ4n) is 3.42. The predicted octanol–water partition coefficient (Wildman–Crippen LogP) is 5.34. The van der Waals surface area contributed by atoms with Crippen molar-refractivity contribution < 1.29 is 9.21 Å². The summed E-state index contributed by atoms with van der Waals surface area (Å²) in [5.74, 6) is 1.39. The minimum Gasteiger partial charge on any atom is -0.467 e. The minimum atomic E-state index is 0.142. The molecule has 4 aromatic heterocycles. The van der Waals surface area contributed by atoms with Gasteiger partial charge >= 0.3 is 0 Å². The number of thioether (sulfide) groups is 1. The molecular weight excluding hydrogens is 390 g/mol. The summed E-state index contributed by atoms with van der Waals surface area (Å²) in [4.78, 5) is 23.9. The first-order chi connectivity index (χ1) is 13.5. The molecule has 28 heavy (non-hydrogen) atoms. The number of nitrogens with zero attached hydrogens (tertiary/aromatic N) is 3. The van der Waals surface area contributed by atoms with Crippen molar-refractivity contribution in [3.63, 3.8) is 0 Å². The summed E-state index contributed by atoms with van der Waals surface area (Å²) in [5, 5.41) is 1.87. The van der Waals surface area contributed by atoms with Gasteiger partial charge in [0.15, 0.2) is 5.78 Å². The van der Waals surface area contributed by atoms with Crippen LogP contribution in [0.5, 0.6) is 0 Å². The number of ketones is 1. The Morgan fingerprint density at radius 3 is 2.75 bits per heavy atom. The van der Waals surface area contributed by atoms with Crippen LogP contribution >= 0.6 is 23.1 Å². The van der Waals surface area contributed by atoms with E-state index >= 15 is 0 Å². The zero-order valence-corrected chi connectivity index (χ0v) is 17.9. The number of furan rings is 1. The standard InChI is InChI=1S/C21H21N3O2S2/c1-12-8-17(15(4)28-12)18(25)10-27-21-19-13(2)14(3)24(20(19)22-11-23-21)9-16-6-5-7-26-16/h5-8,11H,9-10H2,1-4H3. The van der Waals surface area contributed by atoms with Gasteiger partial charge in [0.25, 0.3) is 0 Å². The lowest BCUT2D eigenvalue weighted by atomic mass is 10.2. The van der Waals surface area contributed by atoms with E-state index < -0.39 is 0 Å². The quantitative estimate of drug-likeness (QED) is 0.243. The summed E-state index contributed by atoms with van der Waals surface area (Å²) < 4.78 is 7.65. The lowest BCUT2D eigenvalue weighted by molar-refractivity contribution is 0.102. The molecule has 0 spiro atoms. The third kappa shape index (κ3) is 3.40. The molecule has 4 rings (SSSR count). The molecule has 0 saturated heterocycles. The molecule has 4 aromatic rings. The van der Waals surface area contributed by atoms with Gasteiger partial charge in [-0.3, -0.25) is 4.79 Å². The van der Waals surface area contributed by atoms with E-state index in [-0.39, 0.29) is 5.78 Å². The number of aryl methyl sites for hydroxylation is 3. The highest BCUT2D eigenvalue weighted by molar-refractivity contribution is 8.00. The molecule has 0 aliphatic rings. The normalized spacial score (nSPS) is 11.4. The largest absolute Gasteiger partial charge is 0.467 e. The maximum atomic E-state index is 12.7. The van der Waals surface area contributed by atoms with E-state index in [2.05, 4.69) is 28.4 Å². The fraction of sp³-hybridized carbons (Fsp3) is 0.286. The smallest absolute Gasteiger partial charge is 0.174 e. The summed E-state index contributed by atoms with van der Waals surface area (Å²) in [5.41, 5.74) is 3.96. The van der Waals surface area contributed by atoms with Gasteiger partial charge in [-0.25, -0.2) is 9.97 Å². The van der Waals surface area contributed by atoms with Crippen molar-refractivity contribution in [2.45, 2.75) is 39.3 Å². The Bertz CT molecular complexity index is 1160. The molecule has 4 heterocycles. The van der Waals surface area contributed by atoms with Gasteiger partial charge in [0.05, 0.1) is 23.9 Å². The second-order valence-electron chi connectivity index (χ2n) is 6.79. The van der Waals surface area contributed by atoms with Crippen molar-refractivity contribution in [3.05, 3.63) is 63.1 Å². The molecule has 0 saturated carbocycles. The van der Waals surface area contributed by atoms with Crippen molar-refractivity contribution in [1.29, 1.82) is 0 Å². The SMILES string of the molecule is Cc1cc(C(=O)CSc2ncnc3c2c(C)c(C)n3Cc2ccco2)c(C)s1. The minimum absolute atomic E-state index is 0.142. The number of hydrogen-bond acceptors (Lipinski definition) is 6. The van der Waals surface area contributed by atoms with E-state index in [9.17, 15) is 4.79 Å². The van der Waals surface area contributed by atoms with Gasteiger partial charge in [0.2, 0.25) is 0 Å². The van der Waals surface area contributed by atoms with Crippen LogP contribution in [0.3, 0.4) is 0 Å². The van der Waals surface area contributed by atoms with E-state index in [0.717, 1.165) is 48.4 Å². The van der Waals surface area contributed by atoms with Crippen LogP contribution in [0.25, 0.3) is 11.0 Å². The number of carbonyl (C=O) groups excluding carboxylic acids is 1. The first-order valence-electron chi connectivity index (χ1n) is 9.01. The highest BCUT2D eigenvalue weighted by atomic mass is 32.2. The van der Waals surface area contributed by atoms with Gasteiger partial charge in [0, 0.05) is 21.0 Å². The van der Waals surface area contributed by atoms with E-state index in [1.54, 1.807) is 23.9 Å². The van der Waals surface area contributed by atoms with E-state index in [4.69, 9.17) is 4.42 Å². The summed E-state index contributed by atoms with van der Waals surface area (Å²) in [6.07, 6.45) is 3.26. The second kappa shape index (κ2) is 7.56. The second-order valence-corrected chi connectivity index (χ2v) is 9.22. The molecule has 0 radical (unpaired) electrons. The van der Waals surface area contributed by atoms with Gasteiger partial charge in [0.1, 0.15) is 22.8 Å². The molecule has 0 aliphatic carbocycles. The van der Waals surface area contributed by atoms with E-state index in [1.807, 2.05) is 32.0 Å². The fourth-order valence-corrected chi connectivity index (χ4v) is 5.29. The van der Waals surface area contributed by atoms with Crippen molar-refractivity contribution in [2.24, 2.45) is 0 Å². The lowest BCUT2D eigenvalue weighted by Crippen LogP contribution is -2.04. The number of aromatic nitrogens is 3. The molecule has 0 amide bonds. The molecule has 7 heteroatoms. The molecule has 0 bridgehead atoms. The third-order valence-corrected chi connectivity index (χ3v) is 6.90. The molecule has 0 atom stereocenters. The van der Waals surface area contributed by atoms with Gasteiger partial charge < -0.3 is 8.98 Å². The van der Waals surface area contributed by atoms with Crippen molar-refractivity contribution in [3.8, 4) is 0 Å². The Balaban J connectivity index is 1.65. The monoisotopic (exact) mass is 411 g/mol. The van der Waals surface area contributed by atoms with Crippen molar-refractivity contribution in [1.82, 2.24) is 14.5 Å². The van der Waals surface area contributed by atoms with E-state index in [1.165, 1.54) is 11.8 Å². The molecule has 0 aromatic carbocycles. The van der Waals surface area contributed by atoms with Crippen LogP contribution in [0.2, 0.25) is 0 Å². The van der Waals surface area contributed by atoms with Crippen LogP contribution in [0.4, 0.5) is 0 Å². The highest BCUT2D eigenvalue weighted by Crippen LogP contribution is 2.32.